The lowest BCUT2D eigenvalue weighted by molar-refractivity contribution is -0.145. The molecule has 29 heavy (non-hydrogen) atoms. The van der Waals surface area contributed by atoms with E-state index in [-0.39, 0.29) is 18.2 Å². The molecular weight excluding hydrogens is 668 g/mol. The maximum Gasteiger partial charge on any atom is 0.363 e. The SMILES string of the molecule is CCOC(=O)COc1c(I)cc(/C=C2\N=C(c3ccc(Br)cc3)OC2=O)cc1I. The minimum absolute atomic E-state index is 0.159. The van der Waals surface area contributed by atoms with Crippen molar-refractivity contribution in [2.75, 3.05) is 13.2 Å². The summed E-state index contributed by atoms with van der Waals surface area (Å²) in [6, 6.07) is 11.0. The molecule has 150 valence electrons. The molecule has 0 atom stereocenters. The van der Waals surface area contributed by atoms with E-state index in [4.69, 9.17) is 14.2 Å². The number of nitrogens with zero attached hydrogens (tertiary/aromatic N) is 1. The highest BCUT2D eigenvalue weighted by atomic mass is 127. The smallest absolute Gasteiger partial charge is 0.363 e. The van der Waals surface area contributed by atoms with Gasteiger partial charge >= 0.3 is 11.9 Å². The predicted octanol–water partition coefficient (Wildman–Crippen LogP) is 4.94. The molecule has 0 radical (unpaired) electrons. The van der Waals surface area contributed by atoms with Crippen molar-refractivity contribution in [1.29, 1.82) is 0 Å². The first-order valence-corrected chi connectivity index (χ1v) is 11.4. The van der Waals surface area contributed by atoms with Gasteiger partial charge in [-0.05, 0) is 100 Å². The molecule has 2 aromatic carbocycles. The molecule has 0 fully saturated rings. The van der Waals surface area contributed by atoms with Crippen LogP contribution >= 0.6 is 61.1 Å². The van der Waals surface area contributed by atoms with Crippen LogP contribution in [0.4, 0.5) is 0 Å². The van der Waals surface area contributed by atoms with Crippen molar-refractivity contribution in [3.05, 3.63) is 64.8 Å². The zero-order valence-electron chi connectivity index (χ0n) is 15.1. The summed E-state index contributed by atoms with van der Waals surface area (Å²) < 4.78 is 18.3. The van der Waals surface area contributed by atoms with Crippen LogP contribution in [0.25, 0.3) is 6.08 Å². The van der Waals surface area contributed by atoms with Crippen LogP contribution in [0.2, 0.25) is 0 Å². The average molecular weight is 682 g/mol. The van der Waals surface area contributed by atoms with Crippen LogP contribution in [0.1, 0.15) is 18.1 Å². The van der Waals surface area contributed by atoms with Crippen LogP contribution in [0, 0.1) is 7.14 Å². The highest BCUT2D eigenvalue weighted by Gasteiger charge is 2.24. The molecule has 0 spiro atoms. The molecule has 0 N–H and O–H groups in total. The highest BCUT2D eigenvalue weighted by molar-refractivity contribution is 14.1. The van der Waals surface area contributed by atoms with Gasteiger partial charge in [0.2, 0.25) is 5.90 Å². The van der Waals surface area contributed by atoms with E-state index in [0.717, 1.165) is 22.7 Å². The summed E-state index contributed by atoms with van der Waals surface area (Å²) in [5, 5.41) is 0. The molecule has 0 unspecified atom stereocenters. The maximum absolute atomic E-state index is 12.2. The normalized spacial score (nSPS) is 14.6. The van der Waals surface area contributed by atoms with Crippen molar-refractivity contribution >= 4 is 85.0 Å². The van der Waals surface area contributed by atoms with Gasteiger partial charge in [-0.3, -0.25) is 0 Å². The number of rotatable bonds is 6. The first-order chi connectivity index (χ1) is 13.9. The quantitative estimate of drug-likeness (QED) is 0.245. The Kier molecular flexibility index (Phi) is 7.68. The zero-order chi connectivity index (χ0) is 21.0. The number of carbonyl (C=O) groups excluding carboxylic acids is 2. The Bertz CT molecular complexity index is 995. The molecule has 6 nitrogen and oxygen atoms in total. The van der Waals surface area contributed by atoms with Crippen molar-refractivity contribution in [3.8, 4) is 5.75 Å². The summed E-state index contributed by atoms with van der Waals surface area (Å²) in [7, 11) is 0. The maximum atomic E-state index is 12.2. The average Bonchev–Trinajstić information content (AvgIpc) is 3.02. The summed E-state index contributed by atoms with van der Waals surface area (Å²) >= 11 is 7.61. The fourth-order valence-electron chi connectivity index (χ4n) is 2.42. The molecule has 0 bridgehead atoms. The number of cyclic esters (lactones) is 1. The molecule has 1 aliphatic heterocycles. The Morgan fingerprint density at radius 1 is 1.21 bits per heavy atom. The summed E-state index contributed by atoms with van der Waals surface area (Å²) in [5.74, 6) is -0.0636. The second-order valence-corrected chi connectivity index (χ2v) is 8.99. The third-order valence-electron chi connectivity index (χ3n) is 3.68. The van der Waals surface area contributed by atoms with Crippen molar-refractivity contribution < 1.29 is 23.8 Å². The van der Waals surface area contributed by atoms with Gasteiger partial charge in [-0.15, -0.1) is 0 Å². The Morgan fingerprint density at radius 3 is 2.48 bits per heavy atom. The van der Waals surface area contributed by atoms with E-state index in [9.17, 15) is 9.59 Å². The third kappa shape index (κ3) is 5.79. The zero-order valence-corrected chi connectivity index (χ0v) is 21.0. The molecule has 0 aromatic heterocycles. The summed E-state index contributed by atoms with van der Waals surface area (Å²) in [6.45, 7) is 1.89. The number of benzene rings is 2. The topological polar surface area (TPSA) is 74.2 Å². The second-order valence-electron chi connectivity index (χ2n) is 5.75. The number of hydrogen-bond donors (Lipinski definition) is 0. The molecule has 9 heteroatoms. The largest absolute Gasteiger partial charge is 0.480 e. The number of esters is 2. The number of hydrogen-bond acceptors (Lipinski definition) is 6. The van der Waals surface area contributed by atoms with Gasteiger partial charge in [0.05, 0.1) is 13.7 Å². The lowest BCUT2D eigenvalue weighted by Gasteiger charge is -2.11. The Morgan fingerprint density at radius 2 is 1.86 bits per heavy atom. The number of ether oxygens (including phenoxy) is 3. The summed E-state index contributed by atoms with van der Waals surface area (Å²) in [6.07, 6.45) is 1.66. The standard InChI is InChI=1S/C20H14BrI2NO5/c1-2-27-17(25)10-28-18-14(22)7-11(8-15(18)23)9-16-20(26)29-19(24-16)12-3-5-13(21)6-4-12/h3-9H,2,10H2,1H3/b16-9-. The van der Waals surface area contributed by atoms with Gasteiger partial charge in [-0.1, -0.05) is 15.9 Å². The van der Waals surface area contributed by atoms with Gasteiger partial charge in [0, 0.05) is 10.0 Å². The summed E-state index contributed by atoms with van der Waals surface area (Å²) in [4.78, 5) is 28.0. The fraction of sp³-hybridized carbons (Fsp3) is 0.150. The van der Waals surface area contributed by atoms with E-state index in [1.807, 2.05) is 36.4 Å². The van der Waals surface area contributed by atoms with Gasteiger partial charge in [-0.25, -0.2) is 14.6 Å². The first kappa shape index (κ1) is 22.2. The monoisotopic (exact) mass is 681 g/mol. The molecule has 1 heterocycles. The third-order valence-corrected chi connectivity index (χ3v) is 5.81. The molecule has 3 rings (SSSR count). The fourth-order valence-corrected chi connectivity index (χ4v) is 4.81. The van der Waals surface area contributed by atoms with Gasteiger partial charge in [0.1, 0.15) is 5.75 Å². The Labute approximate surface area is 203 Å². The van der Waals surface area contributed by atoms with E-state index in [2.05, 4.69) is 66.1 Å². The van der Waals surface area contributed by atoms with E-state index in [1.54, 1.807) is 13.0 Å². The van der Waals surface area contributed by atoms with Gasteiger partial charge in [-0.2, -0.15) is 0 Å². The molecule has 0 amide bonds. The van der Waals surface area contributed by atoms with Crippen LogP contribution < -0.4 is 4.74 Å². The van der Waals surface area contributed by atoms with E-state index in [1.165, 1.54) is 0 Å². The van der Waals surface area contributed by atoms with Crippen molar-refractivity contribution in [2.24, 2.45) is 4.99 Å². The van der Waals surface area contributed by atoms with Crippen LogP contribution in [-0.2, 0) is 19.1 Å². The molecule has 1 aliphatic rings. The molecular formula is C20H14BrI2NO5. The molecule has 2 aromatic rings. The first-order valence-electron chi connectivity index (χ1n) is 8.43. The molecule has 0 aliphatic carbocycles. The predicted molar refractivity (Wildman–Crippen MR) is 129 cm³/mol. The van der Waals surface area contributed by atoms with Crippen LogP contribution in [0.15, 0.2) is 51.6 Å². The summed E-state index contributed by atoms with van der Waals surface area (Å²) in [5.41, 5.74) is 1.71. The lowest BCUT2D eigenvalue weighted by atomic mass is 10.2. The molecule has 0 saturated carbocycles. The van der Waals surface area contributed by atoms with Crippen LogP contribution in [0.3, 0.4) is 0 Å². The van der Waals surface area contributed by atoms with E-state index in [0.29, 0.717) is 12.4 Å². The van der Waals surface area contributed by atoms with E-state index >= 15 is 0 Å². The minimum Gasteiger partial charge on any atom is -0.480 e. The number of halogens is 3. The van der Waals surface area contributed by atoms with Crippen molar-refractivity contribution in [1.82, 2.24) is 0 Å². The lowest BCUT2D eigenvalue weighted by Crippen LogP contribution is -2.15. The van der Waals surface area contributed by atoms with Crippen molar-refractivity contribution in [3.63, 3.8) is 0 Å². The van der Waals surface area contributed by atoms with Gasteiger partial charge in [0.15, 0.2) is 12.3 Å². The Balaban J connectivity index is 1.81. The number of carbonyl (C=O) groups is 2. The number of aliphatic imine (C=N–C) groups is 1. The van der Waals surface area contributed by atoms with Gasteiger partial charge in [0.25, 0.3) is 0 Å². The Hall–Kier alpha value is -1.47. The van der Waals surface area contributed by atoms with Crippen molar-refractivity contribution in [2.45, 2.75) is 6.92 Å². The second kappa shape index (κ2) is 10.0. The minimum atomic E-state index is -0.504. The van der Waals surface area contributed by atoms with E-state index < -0.39 is 11.9 Å². The van der Waals surface area contributed by atoms with Crippen LogP contribution in [-0.4, -0.2) is 31.1 Å². The molecule has 0 saturated heterocycles. The highest BCUT2D eigenvalue weighted by Crippen LogP contribution is 2.30. The van der Waals surface area contributed by atoms with Gasteiger partial charge < -0.3 is 14.2 Å². The van der Waals surface area contributed by atoms with Crippen LogP contribution in [0.5, 0.6) is 5.75 Å².